The molecule has 0 aliphatic carbocycles. The van der Waals surface area contributed by atoms with Crippen molar-refractivity contribution in [2.24, 2.45) is 0 Å². The van der Waals surface area contributed by atoms with Gasteiger partial charge in [0.2, 0.25) is 0 Å². The van der Waals surface area contributed by atoms with E-state index in [4.69, 9.17) is 9.52 Å². The quantitative estimate of drug-likeness (QED) is 0.924. The Bertz CT molecular complexity index is 631. The summed E-state index contributed by atoms with van der Waals surface area (Å²) in [5.41, 5.74) is 0.114. The number of carboxylic acid groups (broad SMARTS) is 1. The van der Waals surface area contributed by atoms with Crippen LogP contribution in [-0.2, 0) is 16.6 Å². The van der Waals surface area contributed by atoms with Gasteiger partial charge in [0.15, 0.2) is 0 Å². The fraction of sp³-hybridized carbons (Fsp3) is 0.154. The Morgan fingerprint density at radius 1 is 1.37 bits per heavy atom. The van der Waals surface area contributed by atoms with E-state index in [2.05, 4.69) is 15.9 Å². The lowest BCUT2D eigenvalue weighted by Crippen LogP contribution is -1.96. The van der Waals surface area contributed by atoms with E-state index in [0.29, 0.717) is 16.4 Å². The molecule has 2 aromatic rings. The van der Waals surface area contributed by atoms with E-state index in [1.807, 2.05) is 12.1 Å². The van der Waals surface area contributed by atoms with Crippen LogP contribution in [0.25, 0.3) is 0 Å². The third-order valence-corrected chi connectivity index (χ3v) is 4.42. The molecule has 1 atom stereocenters. The maximum Gasteiger partial charge on any atom is 0.339 e. The lowest BCUT2D eigenvalue weighted by Gasteiger charge is -2.00. The summed E-state index contributed by atoms with van der Waals surface area (Å²) in [4.78, 5) is 11.6. The number of hydrogen-bond donors (Lipinski definition) is 1. The largest absolute Gasteiger partial charge is 0.478 e. The highest BCUT2D eigenvalue weighted by Gasteiger charge is 2.15. The summed E-state index contributed by atoms with van der Waals surface area (Å²) in [6.07, 6.45) is 0. The summed E-state index contributed by atoms with van der Waals surface area (Å²) < 4.78 is 18.3. The summed E-state index contributed by atoms with van der Waals surface area (Å²) in [7, 11) is -1.26. The van der Waals surface area contributed by atoms with Crippen molar-refractivity contribution in [3.63, 3.8) is 0 Å². The molecule has 100 valence electrons. The van der Waals surface area contributed by atoms with Crippen LogP contribution in [0.3, 0.4) is 0 Å². The van der Waals surface area contributed by atoms with Crippen molar-refractivity contribution < 1.29 is 18.5 Å². The van der Waals surface area contributed by atoms with E-state index < -0.39 is 16.8 Å². The Morgan fingerprint density at radius 3 is 2.53 bits per heavy atom. The van der Waals surface area contributed by atoms with Gasteiger partial charge < -0.3 is 9.52 Å². The van der Waals surface area contributed by atoms with Gasteiger partial charge in [-0.3, -0.25) is 4.21 Å². The van der Waals surface area contributed by atoms with Gasteiger partial charge in [-0.05, 0) is 37.3 Å². The van der Waals surface area contributed by atoms with Gasteiger partial charge in [-0.25, -0.2) is 4.79 Å². The third-order valence-electron chi connectivity index (χ3n) is 2.55. The van der Waals surface area contributed by atoms with Gasteiger partial charge in [-0.2, -0.15) is 0 Å². The van der Waals surface area contributed by atoms with Gasteiger partial charge in [-0.1, -0.05) is 15.9 Å². The average Bonchev–Trinajstić information content (AvgIpc) is 2.71. The number of halogens is 1. The van der Waals surface area contributed by atoms with Crippen LogP contribution in [0.15, 0.2) is 44.1 Å². The van der Waals surface area contributed by atoms with Crippen molar-refractivity contribution in [1.29, 1.82) is 0 Å². The van der Waals surface area contributed by atoms with Crippen molar-refractivity contribution in [2.75, 3.05) is 0 Å². The molecule has 19 heavy (non-hydrogen) atoms. The lowest BCUT2D eigenvalue weighted by atomic mass is 10.2. The number of hydrogen-bond acceptors (Lipinski definition) is 3. The molecule has 0 fully saturated rings. The molecule has 6 heteroatoms. The third kappa shape index (κ3) is 3.33. The first-order valence-corrected chi connectivity index (χ1v) is 7.55. The Labute approximate surface area is 121 Å². The van der Waals surface area contributed by atoms with Gasteiger partial charge in [0, 0.05) is 9.37 Å². The Hall–Kier alpha value is -1.40. The van der Waals surface area contributed by atoms with Crippen LogP contribution in [0.5, 0.6) is 0 Å². The molecule has 0 spiro atoms. The predicted octanol–water partition coefficient (Wildman–Crippen LogP) is 3.36. The van der Waals surface area contributed by atoms with Gasteiger partial charge >= 0.3 is 5.97 Å². The maximum atomic E-state index is 12.1. The number of carboxylic acids is 1. The van der Waals surface area contributed by atoms with Crippen molar-refractivity contribution in [3.05, 3.63) is 51.9 Å². The fourth-order valence-electron chi connectivity index (χ4n) is 1.63. The molecule has 1 unspecified atom stereocenters. The first-order chi connectivity index (χ1) is 8.97. The van der Waals surface area contributed by atoms with Crippen LogP contribution in [0, 0.1) is 6.92 Å². The van der Waals surface area contributed by atoms with E-state index in [1.54, 1.807) is 19.1 Å². The number of benzene rings is 1. The summed E-state index contributed by atoms with van der Waals surface area (Å²) in [6, 6.07) is 8.56. The number of aromatic carboxylic acids is 1. The molecule has 0 saturated heterocycles. The standard InChI is InChI=1S/C13H11BrO4S/c1-8-12(13(15)16)6-10(18-8)7-19(17)11-4-2-9(14)3-5-11/h2-6H,7H2,1H3,(H,15,16). The molecule has 0 saturated carbocycles. The fourth-order valence-corrected chi connectivity index (χ4v) is 2.90. The van der Waals surface area contributed by atoms with Gasteiger partial charge in [0.1, 0.15) is 17.1 Å². The molecule has 0 bridgehead atoms. The zero-order valence-corrected chi connectivity index (χ0v) is 12.5. The van der Waals surface area contributed by atoms with Crippen LogP contribution < -0.4 is 0 Å². The summed E-state index contributed by atoms with van der Waals surface area (Å²) in [6.45, 7) is 1.58. The van der Waals surface area contributed by atoms with Crippen molar-refractivity contribution in [3.8, 4) is 0 Å². The molecule has 1 heterocycles. The van der Waals surface area contributed by atoms with E-state index in [1.165, 1.54) is 6.07 Å². The topological polar surface area (TPSA) is 67.5 Å². The monoisotopic (exact) mass is 342 g/mol. The number of furan rings is 1. The van der Waals surface area contributed by atoms with E-state index >= 15 is 0 Å². The molecule has 0 aliphatic rings. The first-order valence-electron chi connectivity index (χ1n) is 5.44. The van der Waals surface area contributed by atoms with Crippen LogP contribution in [-0.4, -0.2) is 15.3 Å². The number of carbonyl (C=O) groups is 1. The molecule has 0 radical (unpaired) electrons. The summed E-state index contributed by atoms with van der Waals surface area (Å²) in [5, 5.41) is 8.92. The lowest BCUT2D eigenvalue weighted by molar-refractivity contribution is 0.0695. The highest BCUT2D eigenvalue weighted by molar-refractivity contribution is 9.10. The van der Waals surface area contributed by atoms with Crippen LogP contribution >= 0.6 is 15.9 Å². The Balaban J connectivity index is 2.17. The minimum Gasteiger partial charge on any atom is -0.478 e. The van der Waals surface area contributed by atoms with Crippen molar-refractivity contribution in [2.45, 2.75) is 17.6 Å². The highest BCUT2D eigenvalue weighted by Crippen LogP contribution is 2.20. The zero-order valence-electron chi connectivity index (χ0n) is 10.1. The highest BCUT2D eigenvalue weighted by atomic mass is 79.9. The van der Waals surface area contributed by atoms with Crippen LogP contribution in [0.1, 0.15) is 21.9 Å². The smallest absolute Gasteiger partial charge is 0.339 e. The first kappa shape index (κ1) is 14.0. The molecular weight excluding hydrogens is 332 g/mol. The Morgan fingerprint density at radius 2 is 2.00 bits per heavy atom. The van der Waals surface area contributed by atoms with E-state index in [-0.39, 0.29) is 11.3 Å². The molecule has 1 N–H and O–H groups in total. The number of aryl methyl sites for hydroxylation is 1. The molecule has 0 aliphatic heterocycles. The average molecular weight is 343 g/mol. The summed E-state index contributed by atoms with van der Waals surface area (Å²) >= 11 is 3.31. The van der Waals surface area contributed by atoms with Crippen molar-refractivity contribution in [1.82, 2.24) is 0 Å². The normalized spacial score (nSPS) is 12.3. The van der Waals surface area contributed by atoms with Crippen molar-refractivity contribution >= 4 is 32.7 Å². The molecule has 1 aromatic carbocycles. The molecule has 1 aromatic heterocycles. The second-order valence-corrected chi connectivity index (χ2v) is 6.30. The van der Waals surface area contributed by atoms with Crippen LogP contribution in [0.2, 0.25) is 0 Å². The second kappa shape index (κ2) is 5.71. The minimum absolute atomic E-state index is 0.114. The molecule has 2 rings (SSSR count). The molecule has 0 amide bonds. The van der Waals surface area contributed by atoms with E-state index in [9.17, 15) is 9.00 Å². The summed E-state index contributed by atoms with van der Waals surface area (Å²) in [5.74, 6) is -0.135. The maximum absolute atomic E-state index is 12.1. The molecular formula is C13H11BrO4S. The Kier molecular flexibility index (Phi) is 4.21. The minimum atomic E-state index is -1.26. The number of rotatable bonds is 4. The SMILES string of the molecule is Cc1oc(CS(=O)c2ccc(Br)cc2)cc1C(=O)O. The molecule has 4 nitrogen and oxygen atoms in total. The van der Waals surface area contributed by atoms with Gasteiger partial charge in [-0.15, -0.1) is 0 Å². The second-order valence-electron chi connectivity index (χ2n) is 3.93. The predicted molar refractivity (Wildman–Crippen MR) is 74.7 cm³/mol. The van der Waals surface area contributed by atoms with E-state index in [0.717, 1.165) is 4.47 Å². The van der Waals surface area contributed by atoms with Gasteiger partial charge in [0.25, 0.3) is 0 Å². The van der Waals surface area contributed by atoms with Crippen LogP contribution in [0.4, 0.5) is 0 Å². The van der Waals surface area contributed by atoms with Gasteiger partial charge in [0.05, 0.1) is 16.6 Å². The zero-order chi connectivity index (χ0) is 14.0.